The molecule has 3 aromatic rings. The second-order valence-corrected chi connectivity index (χ2v) is 13.3. The normalized spacial score (nSPS) is 14.7. The maximum atomic E-state index is 14.1. The van der Waals surface area contributed by atoms with Gasteiger partial charge in [0.1, 0.15) is 12.6 Å². The van der Waals surface area contributed by atoms with Gasteiger partial charge >= 0.3 is 0 Å². The maximum Gasteiger partial charge on any atom is 0.264 e. The second kappa shape index (κ2) is 14.0. The lowest BCUT2D eigenvalue weighted by Crippen LogP contribution is -2.53. The van der Waals surface area contributed by atoms with Gasteiger partial charge < -0.3 is 10.2 Å². The summed E-state index contributed by atoms with van der Waals surface area (Å²) in [5.74, 6) is -0.629. The molecule has 0 saturated heterocycles. The van der Waals surface area contributed by atoms with Crippen LogP contribution in [0.3, 0.4) is 0 Å². The molecule has 0 heterocycles. The molecule has 0 unspecified atom stereocenters. The Balaban J connectivity index is 1.66. The van der Waals surface area contributed by atoms with Gasteiger partial charge in [-0.3, -0.25) is 13.9 Å². The average molecular weight is 590 g/mol. The van der Waals surface area contributed by atoms with Crippen LogP contribution in [0.5, 0.6) is 0 Å². The Morgan fingerprint density at radius 1 is 0.881 bits per heavy atom. The minimum absolute atomic E-state index is 0.105. The van der Waals surface area contributed by atoms with Crippen LogP contribution >= 0.6 is 0 Å². The highest BCUT2D eigenvalue weighted by molar-refractivity contribution is 7.92. The Hall–Kier alpha value is -3.65. The summed E-state index contributed by atoms with van der Waals surface area (Å²) in [6, 6.07) is 21.3. The van der Waals surface area contributed by atoms with Crippen LogP contribution in [0.4, 0.5) is 5.69 Å². The number of benzene rings is 3. The van der Waals surface area contributed by atoms with Crippen molar-refractivity contribution in [1.82, 2.24) is 10.2 Å². The first-order valence-corrected chi connectivity index (χ1v) is 16.3. The van der Waals surface area contributed by atoms with E-state index in [1.165, 1.54) is 15.6 Å². The quantitative estimate of drug-likeness (QED) is 0.310. The number of carbonyl (C=O) groups is 2. The van der Waals surface area contributed by atoms with Crippen LogP contribution in [0.25, 0.3) is 0 Å². The van der Waals surface area contributed by atoms with Crippen molar-refractivity contribution in [3.05, 3.63) is 95.1 Å². The molecule has 0 aliphatic heterocycles. The second-order valence-electron chi connectivity index (χ2n) is 11.5. The molecular weight excluding hydrogens is 546 g/mol. The van der Waals surface area contributed by atoms with E-state index in [0.717, 1.165) is 47.9 Å². The van der Waals surface area contributed by atoms with Gasteiger partial charge in [0.05, 0.1) is 10.6 Å². The van der Waals surface area contributed by atoms with Crippen LogP contribution in [0, 0.1) is 20.8 Å². The zero-order chi connectivity index (χ0) is 30.3. The van der Waals surface area contributed by atoms with E-state index in [9.17, 15) is 18.0 Å². The van der Waals surface area contributed by atoms with Gasteiger partial charge in [0.2, 0.25) is 11.8 Å². The molecule has 0 radical (unpaired) electrons. The van der Waals surface area contributed by atoms with Gasteiger partial charge in [0, 0.05) is 12.6 Å². The Kier molecular flexibility index (Phi) is 10.4. The van der Waals surface area contributed by atoms with E-state index in [2.05, 4.69) is 5.32 Å². The van der Waals surface area contributed by atoms with E-state index >= 15 is 0 Å². The monoisotopic (exact) mass is 589 g/mol. The summed E-state index contributed by atoms with van der Waals surface area (Å²) in [5, 5.41) is 3.15. The number of aryl methyl sites for hydroxylation is 3. The molecule has 0 bridgehead atoms. The van der Waals surface area contributed by atoms with E-state index < -0.39 is 28.5 Å². The Bertz CT molecular complexity index is 1470. The number of nitrogens with one attached hydrogen (secondary N) is 1. The fourth-order valence-electron chi connectivity index (χ4n) is 5.57. The Labute approximate surface area is 251 Å². The molecule has 4 rings (SSSR count). The van der Waals surface area contributed by atoms with Crippen molar-refractivity contribution >= 4 is 27.5 Å². The number of nitrogens with zero attached hydrogens (tertiary/aromatic N) is 2. The molecule has 1 aliphatic rings. The summed E-state index contributed by atoms with van der Waals surface area (Å²) in [7, 11) is -4.09. The highest BCUT2D eigenvalue weighted by Gasteiger charge is 2.33. The molecule has 8 heteroatoms. The summed E-state index contributed by atoms with van der Waals surface area (Å²) in [6.07, 6.45) is 5.75. The molecule has 1 aliphatic carbocycles. The van der Waals surface area contributed by atoms with Gasteiger partial charge in [-0.25, -0.2) is 8.42 Å². The van der Waals surface area contributed by atoms with E-state index in [-0.39, 0.29) is 23.4 Å². The fourth-order valence-corrected chi connectivity index (χ4v) is 7.05. The van der Waals surface area contributed by atoms with E-state index in [0.29, 0.717) is 12.1 Å². The summed E-state index contributed by atoms with van der Waals surface area (Å²) < 4.78 is 29.3. The van der Waals surface area contributed by atoms with Crippen LogP contribution < -0.4 is 9.62 Å². The van der Waals surface area contributed by atoms with Gasteiger partial charge in [0.15, 0.2) is 0 Å². The van der Waals surface area contributed by atoms with Crippen molar-refractivity contribution in [2.45, 2.75) is 83.2 Å². The highest BCUT2D eigenvalue weighted by atomic mass is 32.2. The largest absolute Gasteiger partial charge is 0.352 e. The highest BCUT2D eigenvalue weighted by Crippen LogP contribution is 2.28. The third-order valence-corrected chi connectivity index (χ3v) is 9.89. The minimum Gasteiger partial charge on any atom is -0.352 e. The molecule has 42 heavy (non-hydrogen) atoms. The molecule has 0 aromatic heterocycles. The first-order valence-electron chi connectivity index (χ1n) is 14.9. The lowest BCUT2D eigenvalue weighted by molar-refractivity contribution is -0.139. The van der Waals surface area contributed by atoms with Crippen molar-refractivity contribution < 1.29 is 18.0 Å². The van der Waals surface area contributed by atoms with Crippen molar-refractivity contribution in [2.75, 3.05) is 17.4 Å². The maximum absolute atomic E-state index is 14.1. The lowest BCUT2D eigenvalue weighted by atomic mass is 9.95. The van der Waals surface area contributed by atoms with Gasteiger partial charge in [-0.1, -0.05) is 85.0 Å². The van der Waals surface area contributed by atoms with Gasteiger partial charge in [-0.15, -0.1) is 0 Å². The summed E-state index contributed by atoms with van der Waals surface area (Å²) in [4.78, 5) is 29.2. The molecule has 1 atom stereocenters. The minimum atomic E-state index is -4.09. The first-order chi connectivity index (χ1) is 20.1. The number of anilines is 1. The number of carbonyl (C=O) groups excluding carboxylic acids is 2. The van der Waals surface area contributed by atoms with Gasteiger partial charge in [0.25, 0.3) is 10.0 Å². The number of hydrogen-bond donors (Lipinski definition) is 1. The van der Waals surface area contributed by atoms with E-state index in [4.69, 9.17) is 0 Å². The van der Waals surface area contributed by atoms with Crippen molar-refractivity contribution in [2.24, 2.45) is 0 Å². The van der Waals surface area contributed by atoms with Crippen LogP contribution in [-0.2, 0) is 26.0 Å². The van der Waals surface area contributed by atoms with E-state index in [1.807, 2.05) is 63.2 Å². The molecular formula is C34H43N3O4S. The lowest BCUT2D eigenvalue weighted by Gasteiger charge is -2.33. The molecule has 1 fully saturated rings. The van der Waals surface area contributed by atoms with Crippen LogP contribution in [0.1, 0.15) is 61.3 Å². The summed E-state index contributed by atoms with van der Waals surface area (Å²) >= 11 is 0. The standard InChI is InChI=1S/C34H43N3O4S/c1-25-15-18-31(19-16-25)42(40,41)37(32-20-17-26(2)23-27(32)3)24-33(38)36(22-21-29-11-7-5-8-12-29)28(4)34(39)35-30-13-9-6-10-14-30/h5,7-8,11-12,15-20,23,28,30H,6,9-10,13-14,21-22,24H2,1-4H3,(H,35,39)/t28-/m1/s1. The average Bonchev–Trinajstić information content (AvgIpc) is 2.97. The smallest absolute Gasteiger partial charge is 0.264 e. The zero-order valence-corrected chi connectivity index (χ0v) is 26.0. The topological polar surface area (TPSA) is 86.8 Å². The molecule has 224 valence electrons. The fraction of sp³-hybridized carbons (Fsp3) is 0.412. The number of rotatable bonds is 11. The SMILES string of the molecule is Cc1ccc(S(=O)(=O)N(CC(=O)N(CCc2ccccc2)[C@H](C)C(=O)NC2CCCCC2)c2ccc(C)cc2C)cc1. The van der Waals surface area contributed by atoms with Gasteiger partial charge in [-0.2, -0.15) is 0 Å². The predicted octanol–water partition coefficient (Wildman–Crippen LogP) is 5.72. The Morgan fingerprint density at radius 2 is 1.52 bits per heavy atom. The summed E-state index contributed by atoms with van der Waals surface area (Å²) in [5.41, 5.74) is 4.16. The molecule has 1 saturated carbocycles. The van der Waals surface area contributed by atoms with Gasteiger partial charge in [-0.05, 0) is 76.3 Å². The van der Waals surface area contributed by atoms with Crippen molar-refractivity contribution in [1.29, 1.82) is 0 Å². The van der Waals surface area contributed by atoms with Crippen LogP contribution in [-0.4, -0.2) is 50.3 Å². The Morgan fingerprint density at radius 3 is 2.17 bits per heavy atom. The number of sulfonamides is 1. The molecule has 0 spiro atoms. The first kappa shape index (κ1) is 31.3. The predicted molar refractivity (Wildman–Crippen MR) is 168 cm³/mol. The molecule has 3 aromatic carbocycles. The molecule has 1 N–H and O–H groups in total. The molecule has 7 nitrogen and oxygen atoms in total. The number of amides is 2. The third-order valence-electron chi connectivity index (χ3n) is 8.11. The molecule has 2 amide bonds. The third kappa shape index (κ3) is 7.79. The van der Waals surface area contributed by atoms with Crippen LogP contribution in [0.2, 0.25) is 0 Å². The summed E-state index contributed by atoms with van der Waals surface area (Å²) in [6.45, 7) is 7.28. The van der Waals surface area contributed by atoms with Crippen molar-refractivity contribution in [3.8, 4) is 0 Å². The van der Waals surface area contributed by atoms with E-state index in [1.54, 1.807) is 37.3 Å². The zero-order valence-electron chi connectivity index (χ0n) is 25.2. The number of hydrogen-bond acceptors (Lipinski definition) is 4. The van der Waals surface area contributed by atoms with Crippen molar-refractivity contribution in [3.63, 3.8) is 0 Å². The van der Waals surface area contributed by atoms with Crippen LogP contribution in [0.15, 0.2) is 77.7 Å².